The highest BCUT2D eigenvalue weighted by Gasteiger charge is 2.26. The second-order valence-corrected chi connectivity index (χ2v) is 6.68. The average molecular weight is 336 g/mol. The summed E-state index contributed by atoms with van der Waals surface area (Å²) in [5, 5.41) is 10.8. The van der Waals surface area contributed by atoms with Crippen LogP contribution in [0.25, 0.3) is 10.9 Å². The predicted molar refractivity (Wildman–Crippen MR) is 92.1 cm³/mol. The maximum absolute atomic E-state index is 12.7. The molecule has 1 aliphatic heterocycles. The maximum Gasteiger partial charge on any atom is 0.271 e. The van der Waals surface area contributed by atoms with Gasteiger partial charge in [-0.25, -0.2) is 0 Å². The SMILES string of the molecule is Cc1ccc2[nH]c(C(=O)N3CCN(CC(C)O)CC3)c(Cl)c2c1. The summed E-state index contributed by atoms with van der Waals surface area (Å²) >= 11 is 6.42. The van der Waals surface area contributed by atoms with Crippen molar-refractivity contribution in [3.63, 3.8) is 0 Å². The van der Waals surface area contributed by atoms with Crippen molar-refractivity contribution >= 4 is 28.4 Å². The first-order valence-corrected chi connectivity index (χ1v) is 8.31. The van der Waals surface area contributed by atoms with E-state index in [4.69, 9.17) is 11.6 Å². The molecule has 23 heavy (non-hydrogen) atoms. The summed E-state index contributed by atoms with van der Waals surface area (Å²) in [6.45, 7) is 7.28. The number of amides is 1. The van der Waals surface area contributed by atoms with Gasteiger partial charge in [0.15, 0.2) is 0 Å². The number of hydrogen-bond donors (Lipinski definition) is 2. The Hall–Kier alpha value is -1.56. The van der Waals surface area contributed by atoms with E-state index < -0.39 is 0 Å². The van der Waals surface area contributed by atoms with Crippen LogP contribution in [-0.2, 0) is 0 Å². The van der Waals surface area contributed by atoms with Gasteiger partial charge in [-0.1, -0.05) is 23.2 Å². The molecule has 0 saturated carbocycles. The van der Waals surface area contributed by atoms with E-state index in [0.29, 0.717) is 30.4 Å². The van der Waals surface area contributed by atoms with E-state index in [-0.39, 0.29) is 12.0 Å². The third-order valence-corrected chi connectivity index (χ3v) is 4.68. The van der Waals surface area contributed by atoms with Gasteiger partial charge in [-0.05, 0) is 26.0 Å². The van der Waals surface area contributed by atoms with E-state index in [1.54, 1.807) is 6.92 Å². The van der Waals surface area contributed by atoms with Gasteiger partial charge in [-0.2, -0.15) is 0 Å². The van der Waals surface area contributed by atoms with Crippen molar-refractivity contribution in [2.24, 2.45) is 0 Å². The lowest BCUT2D eigenvalue weighted by Gasteiger charge is -2.35. The number of halogens is 1. The number of carbonyl (C=O) groups excluding carboxylic acids is 1. The number of aromatic amines is 1. The highest BCUT2D eigenvalue weighted by molar-refractivity contribution is 6.38. The Balaban J connectivity index is 1.75. The molecule has 1 aromatic carbocycles. The summed E-state index contributed by atoms with van der Waals surface area (Å²) in [6, 6.07) is 5.94. The molecule has 3 rings (SSSR count). The Kier molecular flexibility index (Phi) is 4.62. The van der Waals surface area contributed by atoms with Crippen LogP contribution < -0.4 is 0 Å². The first-order chi connectivity index (χ1) is 11.0. The predicted octanol–water partition coefficient (Wildman–Crippen LogP) is 2.27. The standard InChI is InChI=1S/C17H22ClN3O2/c1-11-3-4-14-13(9-11)15(18)16(19-14)17(23)21-7-5-20(6-8-21)10-12(2)22/h3-4,9,12,19,22H,5-8,10H2,1-2H3. The fourth-order valence-electron chi connectivity index (χ4n) is 3.09. The molecule has 1 unspecified atom stereocenters. The molecule has 5 nitrogen and oxygen atoms in total. The van der Waals surface area contributed by atoms with Gasteiger partial charge in [0.25, 0.3) is 5.91 Å². The van der Waals surface area contributed by atoms with Crippen molar-refractivity contribution in [1.29, 1.82) is 0 Å². The molecule has 1 saturated heterocycles. The molecule has 1 amide bonds. The maximum atomic E-state index is 12.7. The summed E-state index contributed by atoms with van der Waals surface area (Å²) in [5.74, 6) is -0.0550. The Morgan fingerprint density at radius 2 is 2.04 bits per heavy atom. The minimum atomic E-state index is -0.344. The van der Waals surface area contributed by atoms with Crippen LogP contribution in [0.15, 0.2) is 18.2 Å². The number of fused-ring (bicyclic) bond motifs is 1. The average Bonchev–Trinajstić information content (AvgIpc) is 2.84. The summed E-state index contributed by atoms with van der Waals surface area (Å²) in [7, 11) is 0. The topological polar surface area (TPSA) is 59.6 Å². The van der Waals surface area contributed by atoms with Crippen molar-refractivity contribution in [2.45, 2.75) is 20.0 Å². The second-order valence-electron chi connectivity index (χ2n) is 6.30. The number of benzene rings is 1. The lowest BCUT2D eigenvalue weighted by molar-refractivity contribution is 0.0550. The molecular weight excluding hydrogens is 314 g/mol. The van der Waals surface area contributed by atoms with Crippen molar-refractivity contribution in [2.75, 3.05) is 32.7 Å². The molecule has 2 aromatic rings. The van der Waals surface area contributed by atoms with Gasteiger partial charge in [-0.15, -0.1) is 0 Å². The first kappa shape index (κ1) is 16.3. The molecular formula is C17H22ClN3O2. The zero-order valence-corrected chi connectivity index (χ0v) is 14.2. The number of nitrogens with zero attached hydrogens (tertiary/aromatic N) is 2. The van der Waals surface area contributed by atoms with E-state index in [0.717, 1.165) is 29.6 Å². The molecule has 1 aromatic heterocycles. The fourth-order valence-corrected chi connectivity index (χ4v) is 3.37. The van der Waals surface area contributed by atoms with Gasteiger partial charge in [0, 0.05) is 43.6 Å². The molecule has 2 N–H and O–H groups in total. The minimum absolute atomic E-state index is 0.0550. The molecule has 1 aliphatic rings. The van der Waals surface area contributed by atoms with Gasteiger partial charge in [0.05, 0.1) is 11.1 Å². The van der Waals surface area contributed by atoms with Gasteiger partial charge in [0.2, 0.25) is 0 Å². The van der Waals surface area contributed by atoms with E-state index in [9.17, 15) is 9.90 Å². The number of aliphatic hydroxyl groups is 1. The lowest BCUT2D eigenvalue weighted by Crippen LogP contribution is -2.50. The van der Waals surface area contributed by atoms with Gasteiger partial charge < -0.3 is 15.0 Å². The number of carbonyl (C=O) groups is 1. The van der Waals surface area contributed by atoms with Crippen LogP contribution in [0.5, 0.6) is 0 Å². The number of aryl methyl sites for hydroxylation is 1. The zero-order chi connectivity index (χ0) is 16.6. The molecule has 2 heterocycles. The minimum Gasteiger partial charge on any atom is -0.392 e. The molecule has 124 valence electrons. The van der Waals surface area contributed by atoms with Crippen molar-refractivity contribution in [3.8, 4) is 0 Å². The van der Waals surface area contributed by atoms with Crippen LogP contribution in [0, 0.1) is 6.92 Å². The van der Waals surface area contributed by atoms with Gasteiger partial charge in [0.1, 0.15) is 5.69 Å². The molecule has 0 radical (unpaired) electrons. The number of aromatic nitrogens is 1. The largest absolute Gasteiger partial charge is 0.392 e. The third kappa shape index (κ3) is 3.37. The number of hydrogen-bond acceptors (Lipinski definition) is 3. The van der Waals surface area contributed by atoms with Gasteiger partial charge >= 0.3 is 0 Å². The highest BCUT2D eigenvalue weighted by atomic mass is 35.5. The number of β-amino-alcohol motifs (C(OH)–C–C–N with tert-alkyl or cyclic N) is 1. The van der Waals surface area contributed by atoms with Crippen LogP contribution in [-0.4, -0.2) is 64.6 Å². The smallest absolute Gasteiger partial charge is 0.271 e. The van der Waals surface area contributed by atoms with Gasteiger partial charge in [-0.3, -0.25) is 9.69 Å². The van der Waals surface area contributed by atoms with E-state index in [2.05, 4.69) is 9.88 Å². The van der Waals surface area contributed by atoms with Crippen LogP contribution >= 0.6 is 11.6 Å². The van der Waals surface area contributed by atoms with Crippen molar-refractivity contribution in [1.82, 2.24) is 14.8 Å². The second kappa shape index (κ2) is 6.51. The van der Waals surface area contributed by atoms with E-state index in [1.807, 2.05) is 30.0 Å². The number of aliphatic hydroxyl groups excluding tert-OH is 1. The third-order valence-electron chi connectivity index (χ3n) is 4.29. The summed E-state index contributed by atoms with van der Waals surface area (Å²) < 4.78 is 0. The van der Waals surface area contributed by atoms with Crippen LogP contribution in [0.4, 0.5) is 0 Å². The zero-order valence-electron chi connectivity index (χ0n) is 13.5. The summed E-state index contributed by atoms with van der Waals surface area (Å²) in [4.78, 5) is 19.9. The van der Waals surface area contributed by atoms with Crippen LogP contribution in [0.1, 0.15) is 23.0 Å². The molecule has 6 heteroatoms. The van der Waals surface area contributed by atoms with E-state index >= 15 is 0 Å². The molecule has 0 aliphatic carbocycles. The quantitative estimate of drug-likeness (QED) is 0.904. The molecule has 0 bridgehead atoms. The Bertz CT molecular complexity index is 718. The lowest BCUT2D eigenvalue weighted by atomic mass is 10.2. The number of H-pyrrole nitrogens is 1. The van der Waals surface area contributed by atoms with E-state index in [1.165, 1.54) is 0 Å². The Morgan fingerprint density at radius 3 is 2.70 bits per heavy atom. The van der Waals surface area contributed by atoms with Crippen molar-refractivity contribution in [3.05, 3.63) is 34.5 Å². The van der Waals surface area contributed by atoms with Crippen LogP contribution in [0.3, 0.4) is 0 Å². The molecule has 1 atom stereocenters. The summed E-state index contributed by atoms with van der Waals surface area (Å²) in [6.07, 6.45) is -0.344. The first-order valence-electron chi connectivity index (χ1n) is 7.93. The Morgan fingerprint density at radius 1 is 1.35 bits per heavy atom. The van der Waals surface area contributed by atoms with Crippen molar-refractivity contribution < 1.29 is 9.90 Å². The number of nitrogens with one attached hydrogen (secondary N) is 1. The molecule has 1 fully saturated rings. The fraction of sp³-hybridized carbons (Fsp3) is 0.471. The molecule has 0 spiro atoms. The number of rotatable bonds is 3. The summed E-state index contributed by atoms with van der Waals surface area (Å²) in [5.41, 5.74) is 2.47. The Labute approximate surface area is 140 Å². The normalized spacial score (nSPS) is 17.7. The van der Waals surface area contributed by atoms with Crippen LogP contribution in [0.2, 0.25) is 5.02 Å². The highest BCUT2D eigenvalue weighted by Crippen LogP contribution is 2.29. The monoisotopic (exact) mass is 335 g/mol. The number of piperazine rings is 1.